The molecule has 0 unspecified atom stereocenters. The van der Waals surface area contributed by atoms with Crippen molar-refractivity contribution in [2.45, 2.75) is 31.6 Å². The zero-order valence-corrected chi connectivity index (χ0v) is 15.0. The summed E-state index contributed by atoms with van der Waals surface area (Å²) in [5.74, 6) is -0.775. The Balaban J connectivity index is 1.69. The fourth-order valence-electron chi connectivity index (χ4n) is 4.18. The number of benzene rings is 3. The van der Waals surface area contributed by atoms with E-state index in [0.717, 1.165) is 49.3 Å². The zero-order valence-electron chi connectivity index (χ0n) is 15.0. The van der Waals surface area contributed by atoms with Crippen molar-refractivity contribution >= 4 is 10.8 Å². The van der Waals surface area contributed by atoms with Gasteiger partial charge in [-0.15, -0.1) is 6.58 Å². The van der Waals surface area contributed by atoms with Gasteiger partial charge >= 0.3 is 0 Å². The fourth-order valence-corrected chi connectivity index (χ4v) is 4.18. The van der Waals surface area contributed by atoms with Gasteiger partial charge in [-0.05, 0) is 66.2 Å². The molecule has 27 heavy (non-hydrogen) atoms. The molecule has 0 radical (unpaired) electrons. The lowest BCUT2D eigenvalue weighted by Gasteiger charge is -2.27. The highest BCUT2D eigenvalue weighted by molar-refractivity contribution is 5.89. The highest BCUT2D eigenvalue weighted by atomic mass is 19.1. The molecule has 0 heterocycles. The molecule has 3 aromatic rings. The molecule has 1 saturated carbocycles. The molecule has 0 aliphatic heterocycles. The van der Waals surface area contributed by atoms with Gasteiger partial charge in [0.05, 0.1) is 0 Å². The molecule has 4 rings (SSSR count). The van der Waals surface area contributed by atoms with E-state index in [-0.39, 0.29) is 11.1 Å². The van der Waals surface area contributed by atoms with Crippen molar-refractivity contribution in [2.75, 3.05) is 0 Å². The van der Waals surface area contributed by atoms with Crippen molar-refractivity contribution in [2.24, 2.45) is 5.92 Å². The Morgan fingerprint density at radius 1 is 0.815 bits per heavy atom. The van der Waals surface area contributed by atoms with Gasteiger partial charge in [0, 0.05) is 17.0 Å². The van der Waals surface area contributed by atoms with Crippen LogP contribution in [-0.2, 0) is 0 Å². The standard InChI is InChI=1S/C24H21F3/c1-2-15-3-5-16(6-4-15)17-7-9-22-18(11-17)8-10-23(24(22)27)19-12-20(25)14-21(26)13-19/h2,7-16H,1,3-6H2. The number of hydrogen-bond donors (Lipinski definition) is 0. The van der Waals surface area contributed by atoms with Gasteiger partial charge in [-0.2, -0.15) is 0 Å². The highest BCUT2D eigenvalue weighted by Crippen LogP contribution is 2.38. The molecule has 0 spiro atoms. The molecule has 138 valence electrons. The van der Waals surface area contributed by atoms with Gasteiger partial charge in [0.15, 0.2) is 0 Å². The molecule has 0 atom stereocenters. The Kier molecular flexibility index (Phi) is 4.77. The first-order valence-corrected chi connectivity index (χ1v) is 9.36. The van der Waals surface area contributed by atoms with Crippen LogP contribution in [0.25, 0.3) is 21.9 Å². The van der Waals surface area contributed by atoms with E-state index in [9.17, 15) is 8.78 Å². The number of fused-ring (bicyclic) bond motifs is 1. The van der Waals surface area contributed by atoms with Crippen LogP contribution in [0, 0.1) is 23.4 Å². The largest absolute Gasteiger partial charge is 0.207 e. The van der Waals surface area contributed by atoms with Crippen LogP contribution >= 0.6 is 0 Å². The van der Waals surface area contributed by atoms with E-state index in [1.807, 2.05) is 24.3 Å². The molecule has 0 bridgehead atoms. The molecule has 1 aliphatic carbocycles. The lowest BCUT2D eigenvalue weighted by Crippen LogP contribution is -2.11. The summed E-state index contributed by atoms with van der Waals surface area (Å²) in [5.41, 5.74) is 1.65. The van der Waals surface area contributed by atoms with Crippen molar-refractivity contribution in [1.29, 1.82) is 0 Å². The molecular formula is C24H21F3. The van der Waals surface area contributed by atoms with Gasteiger partial charge in [0.1, 0.15) is 17.5 Å². The fraction of sp³-hybridized carbons (Fsp3) is 0.250. The molecular weight excluding hydrogens is 345 g/mol. The van der Waals surface area contributed by atoms with Gasteiger partial charge in [0.25, 0.3) is 0 Å². The lowest BCUT2D eigenvalue weighted by atomic mass is 9.78. The number of hydrogen-bond acceptors (Lipinski definition) is 0. The van der Waals surface area contributed by atoms with E-state index in [0.29, 0.717) is 17.2 Å². The van der Waals surface area contributed by atoms with Crippen molar-refractivity contribution in [1.82, 2.24) is 0 Å². The Bertz CT molecular complexity index is 978. The Hall–Kier alpha value is -2.55. The maximum Gasteiger partial charge on any atom is 0.138 e. The minimum Gasteiger partial charge on any atom is -0.207 e. The van der Waals surface area contributed by atoms with Crippen LogP contribution in [-0.4, -0.2) is 0 Å². The van der Waals surface area contributed by atoms with Gasteiger partial charge in [-0.3, -0.25) is 0 Å². The summed E-state index contributed by atoms with van der Waals surface area (Å²) in [6.45, 7) is 3.89. The zero-order chi connectivity index (χ0) is 19.0. The first-order valence-electron chi connectivity index (χ1n) is 9.36. The average molecular weight is 366 g/mol. The second-order valence-corrected chi connectivity index (χ2v) is 7.41. The monoisotopic (exact) mass is 366 g/mol. The number of allylic oxidation sites excluding steroid dienone is 1. The molecule has 0 saturated heterocycles. The van der Waals surface area contributed by atoms with Gasteiger partial charge < -0.3 is 0 Å². The van der Waals surface area contributed by atoms with Gasteiger partial charge in [-0.1, -0.05) is 36.4 Å². The minimum absolute atomic E-state index is 0.207. The Morgan fingerprint density at radius 3 is 2.19 bits per heavy atom. The van der Waals surface area contributed by atoms with E-state index in [1.165, 1.54) is 5.56 Å². The third-order valence-electron chi connectivity index (χ3n) is 5.73. The molecule has 3 aromatic carbocycles. The third-order valence-corrected chi connectivity index (χ3v) is 5.73. The second-order valence-electron chi connectivity index (χ2n) is 7.41. The maximum absolute atomic E-state index is 15.0. The normalized spacial score (nSPS) is 20.0. The second kappa shape index (κ2) is 7.22. The van der Waals surface area contributed by atoms with Crippen molar-refractivity contribution in [3.8, 4) is 11.1 Å². The van der Waals surface area contributed by atoms with Crippen molar-refractivity contribution in [3.05, 3.63) is 84.2 Å². The molecule has 0 N–H and O–H groups in total. The summed E-state index contributed by atoms with van der Waals surface area (Å²) in [7, 11) is 0. The van der Waals surface area contributed by atoms with E-state index in [4.69, 9.17) is 0 Å². The smallest absolute Gasteiger partial charge is 0.138 e. The van der Waals surface area contributed by atoms with E-state index in [1.54, 1.807) is 12.1 Å². The van der Waals surface area contributed by atoms with E-state index in [2.05, 4.69) is 6.58 Å². The third kappa shape index (κ3) is 3.51. The Labute approximate surface area is 157 Å². The van der Waals surface area contributed by atoms with Gasteiger partial charge in [0.2, 0.25) is 0 Å². The molecule has 1 aliphatic rings. The minimum atomic E-state index is -0.713. The van der Waals surface area contributed by atoms with Crippen molar-refractivity contribution in [3.63, 3.8) is 0 Å². The molecule has 0 nitrogen and oxygen atoms in total. The predicted octanol–water partition coefficient (Wildman–Crippen LogP) is 7.38. The predicted molar refractivity (Wildman–Crippen MR) is 104 cm³/mol. The summed E-state index contributed by atoms with van der Waals surface area (Å²) in [5, 5.41) is 1.29. The van der Waals surface area contributed by atoms with Crippen LogP contribution in [0.5, 0.6) is 0 Å². The average Bonchev–Trinajstić information content (AvgIpc) is 2.67. The number of halogens is 3. The highest BCUT2D eigenvalue weighted by Gasteiger charge is 2.21. The van der Waals surface area contributed by atoms with Gasteiger partial charge in [-0.25, -0.2) is 13.2 Å². The van der Waals surface area contributed by atoms with Crippen LogP contribution in [0.4, 0.5) is 13.2 Å². The molecule has 1 fully saturated rings. The lowest BCUT2D eigenvalue weighted by molar-refractivity contribution is 0.376. The maximum atomic E-state index is 15.0. The first-order chi connectivity index (χ1) is 13.0. The van der Waals surface area contributed by atoms with Crippen LogP contribution in [0.15, 0.2) is 61.2 Å². The Morgan fingerprint density at radius 2 is 1.52 bits per heavy atom. The summed E-state index contributed by atoms with van der Waals surface area (Å²) in [6.07, 6.45) is 6.56. The van der Waals surface area contributed by atoms with Crippen molar-refractivity contribution < 1.29 is 13.2 Å². The van der Waals surface area contributed by atoms with Crippen LogP contribution < -0.4 is 0 Å². The molecule has 0 amide bonds. The van der Waals surface area contributed by atoms with Crippen LogP contribution in [0.1, 0.15) is 37.2 Å². The van der Waals surface area contributed by atoms with Crippen LogP contribution in [0.3, 0.4) is 0 Å². The quantitative estimate of drug-likeness (QED) is 0.424. The summed E-state index contributed by atoms with van der Waals surface area (Å²) >= 11 is 0. The van der Waals surface area contributed by atoms with E-state index < -0.39 is 17.5 Å². The first kappa shape index (κ1) is 17.8. The summed E-state index contributed by atoms with van der Waals surface area (Å²) in [6, 6.07) is 12.3. The molecule has 0 aromatic heterocycles. The van der Waals surface area contributed by atoms with Crippen LogP contribution in [0.2, 0.25) is 0 Å². The number of rotatable bonds is 3. The summed E-state index contributed by atoms with van der Waals surface area (Å²) < 4.78 is 42.0. The SMILES string of the molecule is C=CC1CCC(c2ccc3c(F)c(-c4cc(F)cc(F)c4)ccc3c2)CC1. The molecule has 3 heteroatoms. The topological polar surface area (TPSA) is 0 Å². The summed E-state index contributed by atoms with van der Waals surface area (Å²) in [4.78, 5) is 0. The van der Waals surface area contributed by atoms with E-state index >= 15 is 4.39 Å².